The first kappa shape index (κ1) is 13.3. The molecule has 2 aliphatic rings. The second-order valence-electron chi connectivity index (χ2n) is 5.49. The van der Waals surface area contributed by atoms with Gasteiger partial charge in [0.2, 0.25) is 11.8 Å². The Morgan fingerprint density at radius 3 is 2.44 bits per heavy atom. The number of carbonyl (C=O) groups is 2. The van der Waals surface area contributed by atoms with Crippen molar-refractivity contribution < 1.29 is 14.7 Å². The Morgan fingerprint density at radius 2 is 2.00 bits per heavy atom. The Morgan fingerprint density at radius 1 is 1.39 bits per heavy atom. The molecule has 2 amide bonds. The minimum Gasteiger partial charge on any atom is -0.391 e. The molecule has 6 nitrogen and oxygen atoms in total. The summed E-state index contributed by atoms with van der Waals surface area (Å²) in [5.41, 5.74) is 5.18. The number of aliphatic hydroxyl groups is 1. The topological polar surface area (TPSA) is 86.9 Å². The first-order valence-electron chi connectivity index (χ1n) is 6.37. The van der Waals surface area contributed by atoms with Crippen molar-refractivity contribution in [2.24, 2.45) is 5.73 Å². The van der Waals surface area contributed by atoms with E-state index in [0.717, 1.165) is 19.4 Å². The zero-order valence-electron chi connectivity index (χ0n) is 10.9. The van der Waals surface area contributed by atoms with Gasteiger partial charge in [0.1, 0.15) is 6.04 Å². The van der Waals surface area contributed by atoms with E-state index < -0.39 is 18.1 Å². The van der Waals surface area contributed by atoms with Gasteiger partial charge in [-0.2, -0.15) is 0 Å². The fourth-order valence-corrected chi connectivity index (χ4v) is 3.39. The van der Waals surface area contributed by atoms with E-state index in [0.29, 0.717) is 13.1 Å². The quantitative estimate of drug-likeness (QED) is 0.671. The Kier molecular flexibility index (Phi) is 3.33. The number of hydrogen-bond acceptors (Lipinski definition) is 4. The normalized spacial score (nSPS) is 25.8. The third kappa shape index (κ3) is 1.99. The van der Waals surface area contributed by atoms with Crippen LogP contribution in [0.4, 0.5) is 0 Å². The highest BCUT2D eigenvalue weighted by Gasteiger charge is 2.54. The summed E-state index contributed by atoms with van der Waals surface area (Å²) >= 11 is 0. The summed E-state index contributed by atoms with van der Waals surface area (Å²) in [4.78, 5) is 26.7. The monoisotopic (exact) mass is 255 g/mol. The SMILES string of the molecule is CC(=O)N1CCCC12CN([C@H](C(N)=O)[C@@H](C)O)C2. The molecule has 1 spiro atoms. The van der Waals surface area contributed by atoms with Crippen molar-refractivity contribution in [3.05, 3.63) is 0 Å². The highest BCUT2D eigenvalue weighted by molar-refractivity contribution is 5.81. The van der Waals surface area contributed by atoms with E-state index in [1.807, 2.05) is 9.80 Å². The van der Waals surface area contributed by atoms with E-state index in [9.17, 15) is 14.7 Å². The summed E-state index contributed by atoms with van der Waals surface area (Å²) in [6.07, 6.45) is 1.18. The van der Waals surface area contributed by atoms with E-state index >= 15 is 0 Å². The number of likely N-dealkylation sites (tertiary alicyclic amines) is 2. The number of nitrogens with two attached hydrogens (primary N) is 1. The van der Waals surface area contributed by atoms with Crippen LogP contribution in [0, 0.1) is 0 Å². The first-order chi connectivity index (χ1) is 8.37. The van der Waals surface area contributed by atoms with Gasteiger partial charge in [0.15, 0.2) is 0 Å². The Balaban J connectivity index is 2.04. The number of nitrogens with zero attached hydrogens (tertiary/aromatic N) is 2. The molecular weight excluding hydrogens is 234 g/mol. The number of aliphatic hydroxyl groups excluding tert-OH is 1. The third-order valence-corrected chi connectivity index (χ3v) is 4.11. The summed E-state index contributed by atoms with van der Waals surface area (Å²) in [5, 5.41) is 9.60. The number of rotatable bonds is 3. The molecule has 3 N–H and O–H groups in total. The molecule has 18 heavy (non-hydrogen) atoms. The van der Waals surface area contributed by atoms with Gasteiger partial charge in [-0.1, -0.05) is 0 Å². The smallest absolute Gasteiger partial charge is 0.237 e. The lowest BCUT2D eigenvalue weighted by Crippen LogP contribution is -2.73. The molecule has 0 aliphatic carbocycles. The predicted molar refractivity (Wildman–Crippen MR) is 65.6 cm³/mol. The van der Waals surface area contributed by atoms with Gasteiger partial charge in [-0.05, 0) is 19.8 Å². The molecule has 0 saturated carbocycles. The number of primary amides is 1. The molecular formula is C12H21N3O3. The molecule has 2 saturated heterocycles. The van der Waals surface area contributed by atoms with Gasteiger partial charge >= 0.3 is 0 Å². The second kappa shape index (κ2) is 4.51. The van der Waals surface area contributed by atoms with Crippen LogP contribution >= 0.6 is 0 Å². The fourth-order valence-electron chi connectivity index (χ4n) is 3.39. The van der Waals surface area contributed by atoms with Gasteiger partial charge in [-0.25, -0.2) is 0 Å². The van der Waals surface area contributed by atoms with Crippen LogP contribution < -0.4 is 5.73 Å². The molecule has 2 heterocycles. The van der Waals surface area contributed by atoms with Crippen molar-refractivity contribution in [3.63, 3.8) is 0 Å². The first-order valence-corrected chi connectivity index (χ1v) is 6.37. The van der Waals surface area contributed by atoms with Crippen LogP contribution in [0.1, 0.15) is 26.7 Å². The molecule has 0 bridgehead atoms. The maximum Gasteiger partial charge on any atom is 0.237 e. The Hall–Kier alpha value is -1.14. The third-order valence-electron chi connectivity index (χ3n) is 4.11. The lowest BCUT2D eigenvalue weighted by Gasteiger charge is -2.55. The molecule has 2 rings (SSSR count). The van der Waals surface area contributed by atoms with Crippen LogP contribution in [0.5, 0.6) is 0 Å². The van der Waals surface area contributed by atoms with E-state index in [-0.39, 0.29) is 11.4 Å². The van der Waals surface area contributed by atoms with Crippen molar-refractivity contribution in [2.45, 2.75) is 44.4 Å². The minimum absolute atomic E-state index is 0.0832. The maximum atomic E-state index is 11.6. The van der Waals surface area contributed by atoms with Crippen molar-refractivity contribution in [3.8, 4) is 0 Å². The summed E-state index contributed by atoms with van der Waals surface area (Å²) in [7, 11) is 0. The Labute approximate surface area is 107 Å². The maximum absolute atomic E-state index is 11.6. The average Bonchev–Trinajstić information content (AvgIpc) is 2.59. The van der Waals surface area contributed by atoms with Crippen molar-refractivity contribution in [1.82, 2.24) is 9.80 Å². The molecule has 0 aromatic rings. The predicted octanol–water partition coefficient (Wildman–Crippen LogP) is -1.08. The average molecular weight is 255 g/mol. The zero-order valence-corrected chi connectivity index (χ0v) is 10.9. The summed E-state index contributed by atoms with van der Waals surface area (Å²) in [5.74, 6) is -0.424. The van der Waals surface area contributed by atoms with E-state index in [4.69, 9.17) is 5.73 Å². The largest absolute Gasteiger partial charge is 0.391 e. The zero-order chi connectivity index (χ0) is 13.5. The van der Waals surface area contributed by atoms with Crippen LogP contribution in [0.15, 0.2) is 0 Å². The van der Waals surface area contributed by atoms with Crippen LogP contribution in [-0.2, 0) is 9.59 Å². The van der Waals surface area contributed by atoms with Crippen molar-refractivity contribution in [2.75, 3.05) is 19.6 Å². The van der Waals surface area contributed by atoms with Crippen LogP contribution in [0.25, 0.3) is 0 Å². The van der Waals surface area contributed by atoms with Crippen LogP contribution in [0.2, 0.25) is 0 Å². The molecule has 0 radical (unpaired) electrons. The van der Waals surface area contributed by atoms with Gasteiger partial charge < -0.3 is 15.7 Å². The standard InChI is InChI=1S/C12H21N3O3/c1-8(16)10(11(13)18)14-6-12(7-14)4-3-5-15(12)9(2)17/h8,10,16H,3-7H2,1-2H3,(H2,13,18)/t8-,10+/m1/s1. The highest BCUT2D eigenvalue weighted by Crippen LogP contribution is 2.38. The molecule has 0 unspecified atom stereocenters. The summed E-state index contributed by atoms with van der Waals surface area (Å²) < 4.78 is 0. The molecule has 2 aliphatic heterocycles. The van der Waals surface area contributed by atoms with Gasteiger partial charge in [-0.15, -0.1) is 0 Å². The minimum atomic E-state index is -0.785. The van der Waals surface area contributed by atoms with E-state index in [1.54, 1.807) is 13.8 Å². The molecule has 2 atom stereocenters. The van der Waals surface area contributed by atoms with Gasteiger partial charge in [0, 0.05) is 26.6 Å². The highest BCUT2D eigenvalue weighted by atomic mass is 16.3. The van der Waals surface area contributed by atoms with E-state index in [1.165, 1.54) is 0 Å². The Bertz CT molecular complexity index is 364. The molecule has 0 aromatic heterocycles. The van der Waals surface area contributed by atoms with Gasteiger partial charge in [0.05, 0.1) is 11.6 Å². The van der Waals surface area contributed by atoms with E-state index in [2.05, 4.69) is 0 Å². The molecule has 2 fully saturated rings. The second-order valence-corrected chi connectivity index (χ2v) is 5.49. The van der Waals surface area contributed by atoms with Crippen molar-refractivity contribution in [1.29, 1.82) is 0 Å². The molecule has 102 valence electrons. The van der Waals surface area contributed by atoms with Gasteiger partial charge in [0.25, 0.3) is 0 Å². The summed E-state index contributed by atoms with van der Waals surface area (Å²) in [6, 6.07) is -0.648. The summed E-state index contributed by atoms with van der Waals surface area (Å²) in [6.45, 7) is 5.20. The van der Waals surface area contributed by atoms with Crippen LogP contribution in [0.3, 0.4) is 0 Å². The van der Waals surface area contributed by atoms with Crippen LogP contribution in [-0.4, -0.2) is 64.0 Å². The number of amides is 2. The molecule has 0 aromatic carbocycles. The molecule has 6 heteroatoms. The number of carbonyl (C=O) groups excluding carboxylic acids is 2. The lowest BCUT2D eigenvalue weighted by atomic mass is 9.84. The van der Waals surface area contributed by atoms with Crippen molar-refractivity contribution >= 4 is 11.8 Å². The lowest BCUT2D eigenvalue weighted by molar-refractivity contribution is -0.148. The van der Waals surface area contributed by atoms with Gasteiger partial charge in [-0.3, -0.25) is 14.5 Å². The fraction of sp³-hybridized carbons (Fsp3) is 0.833. The number of hydrogen-bond donors (Lipinski definition) is 2.